The van der Waals surface area contributed by atoms with Crippen LogP contribution < -0.4 is 0 Å². The zero-order chi connectivity index (χ0) is 16.1. The van der Waals surface area contributed by atoms with Crippen molar-refractivity contribution in [2.75, 3.05) is 13.1 Å². The second kappa shape index (κ2) is 7.40. The maximum Gasteiger partial charge on any atom is 0.272 e. The first-order chi connectivity index (χ1) is 11.2. The minimum Gasteiger partial charge on any atom is -0.337 e. The SMILES string of the molecule is Cc1cccc(C(=O)N2CCC(CCc3ccccc3)CC2)n1. The predicted molar refractivity (Wildman–Crippen MR) is 92.4 cm³/mol. The van der Waals surface area contributed by atoms with Gasteiger partial charge >= 0.3 is 0 Å². The largest absolute Gasteiger partial charge is 0.337 e. The number of likely N-dealkylation sites (tertiary alicyclic amines) is 1. The second-order valence-corrected chi connectivity index (χ2v) is 6.42. The lowest BCUT2D eigenvalue weighted by Gasteiger charge is -2.32. The molecule has 1 aliphatic rings. The molecular formula is C20H24N2O. The molecular weight excluding hydrogens is 284 g/mol. The van der Waals surface area contributed by atoms with Crippen molar-refractivity contribution in [3.05, 3.63) is 65.5 Å². The fraction of sp³-hybridized carbons (Fsp3) is 0.400. The quantitative estimate of drug-likeness (QED) is 0.859. The molecule has 1 aliphatic heterocycles. The number of benzene rings is 1. The van der Waals surface area contributed by atoms with Crippen LogP contribution in [0.4, 0.5) is 0 Å². The number of amides is 1. The zero-order valence-electron chi connectivity index (χ0n) is 13.7. The van der Waals surface area contributed by atoms with Crippen LogP contribution in [0.2, 0.25) is 0 Å². The summed E-state index contributed by atoms with van der Waals surface area (Å²) in [5, 5.41) is 0. The molecule has 1 saturated heterocycles. The van der Waals surface area contributed by atoms with Gasteiger partial charge in [-0.1, -0.05) is 36.4 Å². The van der Waals surface area contributed by atoms with E-state index in [-0.39, 0.29) is 5.91 Å². The molecule has 0 bridgehead atoms. The Morgan fingerprint density at radius 3 is 2.52 bits per heavy atom. The van der Waals surface area contributed by atoms with Crippen molar-refractivity contribution in [2.45, 2.75) is 32.6 Å². The van der Waals surface area contributed by atoms with Crippen molar-refractivity contribution in [3.8, 4) is 0 Å². The first kappa shape index (κ1) is 15.7. The van der Waals surface area contributed by atoms with Gasteiger partial charge in [0.1, 0.15) is 5.69 Å². The molecule has 0 atom stereocenters. The summed E-state index contributed by atoms with van der Waals surface area (Å²) in [5.41, 5.74) is 2.89. The smallest absolute Gasteiger partial charge is 0.272 e. The first-order valence-electron chi connectivity index (χ1n) is 8.49. The summed E-state index contributed by atoms with van der Waals surface area (Å²) < 4.78 is 0. The Balaban J connectivity index is 1.49. The van der Waals surface area contributed by atoms with Crippen LogP contribution in [-0.2, 0) is 6.42 Å². The van der Waals surface area contributed by atoms with Crippen LogP contribution in [-0.4, -0.2) is 28.9 Å². The second-order valence-electron chi connectivity index (χ2n) is 6.42. The summed E-state index contributed by atoms with van der Waals surface area (Å²) in [6, 6.07) is 16.3. The summed E-state index contributed by atoms with van der Waals surface area (Å²) in [7, 11) is 0. The number of hydrogen-bond acceptors (Lipinski definition) is 2. The normalized spacial score (nSPS) is 15.6. The molecule has 1 fully saturated rings. The summed E-state index contributed by atoms with van der Waals surface area (Å²) in [6.45, 7) is 3.63. The maximum absolute atomic E-state index is 12.5. The number of piperidine rings is 1. The molecule has 2 aromatic rings. The van der Waals surface area contributed by atoms with Crippen LogP contribution in [0, 0.1) is 12.8 Å². The lowest BCUT2D eigenvalue weighted by atomic mass is 9.90. The molecule has 23 heavy (non-hydrogen) atoms. The van der Waals surface area contributed by atoms with Gasteiger partial charge in [0.05, 0.1) is 0 Å². The molecule has 2 heterocycles. The Morgan fingerprint density at radius 2 is 1.83 bits per heavy atom. The summed E-state index contributed by atoms with van der Waals surface area (Å²) in [4.78, 5) is 18.8. The molecule has 3 nitrogen and oxygen atoms in total. The number of rotatable bonds is 4. The van der Waals surface area contributed by atoms with Gasteiger partial charge in [-0.05, 0) is 56.2 Å². The minimum atomic E-state index is 0.0789. The molecule has 120 valence electrons. The number of carbonyl (C=O) groups is 1. The number of aromatic nitrogens is 1. The molecule has 1 amide bonds. The summed E-state index contributed by atoms with van der Waals surface area (Å²) in [6.07, 6.45) is 4.56. The average molecular weight is 308 g/mol. The highest BCUT2D eigenvalue weighted by molar-refractivity contribution is 5.92. The number of pyridine rings is 1. The van der Waals surface area contributed by atoms with E-state index in [9.17, 15) is 4.79 Å². The van der Waals surface area contributed by atoms with Crippen molar-refractivity contribution < 1.29 is 4.79 Å². The molecule has 0 N–H and O–H groups in total. The Morgan fingerprint density at radius 1 is 1.09 bits per heavy atom. The van der Waals surface area contributed by atoms with Crippen LogP contribution in [0.15, 0.2) is 48.5 Å². The van der Waals surface area contributed by atoms with Crippen LogP contribution >= 0.6 is 0 Å². The molecule has 1 aromatic heterocycles. The van der Waals surface area contributed by atoms with Gasteiger partial charge < -0.3 is 4.90 Å². The lowest BCUT2D eigenvalue weighted by molar-refractivity contribution is 0.0680. The predicted octanol–water partition coefficient (Wildman–Crippen LogP) is 3.88. The fourth-order valence-corrected chi connectivity index (χ4v) is 3.26. The van der Waals surface area contributed by atoms with E-state index in [4.69, 9.17) is 0 Å². The molecule has 0 aliphatic carbocycles. The maximum atomic E-state index is 12.5. The topological polar surface area (TPSA) is 33.2 Å². The highest BCUT2D eigenvalue weighted by atomic mass is 16.2. The van der Waals surface area contributed by atoms with E-state index in [1.807, 2.05) is 30.0 Å². The summed E-state index contributed by atoms with van der Waals surface area (Å²) >= 11 is 0. The average Bonchev–Trinajstić information content (AvgIpc) is 2.61. The number of carbonyl (C=O) groups excluding carboxylic acids is 1. The molecule has 0 radical (unpaired) electrons. The van der Waals surface area contributed by atoms with Crippen molar-refractivity contribution >= 4 is 5.91 Å². The van der Waals surface area contributed by atoms with Crippen molar-refractivity contribution in [3.63, 3.8) is 0 Å². The molecule has 0 spiro atoms. The molecule has 1 aromatic carbocycles. The Labute approximate surface area is 138 Å². The van der Waals surface area contributed by atoms with Crippen LogP contribution in [0.1, 0.15) is 41.0 Å². The third kappa shape index (κ3) is 4.19. The van der Waals surface area contributed by atoms with E-state index in [1.165, 1.54) is 12.0 Å². The van der Waals surface area contributed by atoms with E-state index in [1.54, 1.807) is 0 Å². The van der Waals surface area contributed by atoms with Gasteiger partial charge in [-0.25, -0.2) is 4.98 Å². The van der Waals surface area contributed by atoms with Gasteiger partial charge in [0.25, 0.3) is 5.91 Å². The molecule has 3 heteroatoms. The van der Waals surface area contributed by atoms with Gasteiger partial charge in [-0.15, -0.1) is 0 Å². The van der Waals surface area contributed by atoms with Crippen molar-refractivity contribution in [1.29, 1.82) is 0 Å². The van der Waals surface area contributed by atoms with Crippen molar-refractivity contribution in [1.82, 2.24) is 9.88 Å². The van der Waals surface area contributed by atoms with E-state index in [0.717, 1.165) is 44.0 Å². The van der Waals surface area contributed by atoms with E-state index < -0.39 is 0 Å². The van der Waals surface area contributed by atoms with Gasteiger partial charge in [0, 0.05) is 18.8 Å². The van der Waals surface area contributed by atoms with Gasteiger partial charge in [-0.2, -0.15) is 0 Å². The van der Waals surface area contributed by atoms with Gasteiger partial charge in [-0.3, -0.25) is 4.79 Å². The van der Waals surface area contributed by atoms with Crippen molar-refractivity contribution in [2.24, 2.45) is 5.92 Å². The monoisotopic (exact) mass is 308 g/mol. The number of hydrogen-bond donors (Lipinski definition) is 0. The number of nitrogens with zero attached hydrogens (tertiary/aromatic N) is 2. The lowest BCUT2D eigenvalue weighted by Crippen LogP contribution is -2.39. The Bertz CT molecular complexity index is 646. The number of aryl methyl sites for hydroxylation is 2. The standard InChI is InChI=1S/C20H24N2O/c1-16-6-5-9-19(21-16)20(23)22-14-12-18(13-15-22)11-10-17-7-3-2-4-8-17/h2-9,18H,10-15H2,1H3. The Hall–Kier alpha value is -2.16. The van der Waals surface area contributed by atoms with Gasteiger partial charge in [0.15, 0.2) is 0 Å². The summed E-state index contributed by atoms with van der Waals surface area (Å²) in [5.74, 6) is 0.805. The third-order valence-electron chi connectivity index (χ3n) is 4.69. The third-order valence-corrected chi connectivity index (χ3v) is 4.69. The van der Waals surface area contributed by atoms with Crippen LogP contribution in [0.3, 0.4) is 0 Å². The highest BCUT2D eigenvalue weighted by Crippen LogP contribution is 2.23. The fourth-order valence-electron chi connectivity index (χ4n) is 3.26. The van der Waals surface area contributed by atoms with E-state index >= 15 is 0 Å². The van der Waals surface area contributed by atoms with Gasteiger partial charge in [0.2, 0.25) is 0 Å². The molecule has 0 saturated carbocycles. The van der Waals surface area contributed by atoms with Crippen LogP contribution in [0.5, 0.6) is 0 Å². The zero-order valence-corrected chi connectivity index (χ0v) is 13.7. The highest BCUT2D eigenvalue weighted by Gasteiger charge is 2.24. The van der Waals surface area contributed by atoms with E-state index in [0.29, 0.717) is 5.69 Å². The molecule has 0 unspecified atom stereocenters. The van der Waals surface area contributed by atoms with E-state index in [2.05, 4.69) is 35.3 Å². The Kier molecular flexibility index (Phi) is 5.06. The molecule has 3 rings (SSSR count). The first-order valence-corrected chi connectivity index (χ1v) is 8.49. The minimum absolute atomic E-state index is 0.0789. The van der Waals surface area contributed by atoms with Crippen LogP contribution in [0.25, 0.3) is 0 Å².